The van der Waals surface area contributed by atoms with Gasteiger partial charge in [0.25, 0.3) is 11.7 Å². The maximum absolute atomic E-state index is 13.4. The van der Waals surface area contributed by atoms with Crippen LogP contribution in [0.25, 0.3) is 22.2 Å². The van der Waals surface area contributed by atoms with Gasteiger partial charge in [-0.05, 0) is 35.9 Å². The zero-order valence-corrected chi connectivity index (χ0v) is 13.3. The van der Waals surface area contributed by atoms with Gasteiger partial charge >= 0.3 is 0 Å². The van der Waals surface area contributed by atoms with Gasteiger partial charge < -0.3 is 9.88 Å². The fourth-order valence-corrected chi connectivity index (χ4v) is 3.45. The van der Waals surface area contributed by atoms with Crippen LogP contribution in [0.2, 0.25) is 0 Å². The number of carbonyl (C=O) groups excluding carboxylic acids is 1. The molecule has 6 N–H and O–H groups in total. The zero-order valence-electron chi connectivity index (χ0n) is 13.3. The van der Waals surface area contributed by atoms with Gasteiger partial charge in [0.05, 0.1) is 22.3 Å². The van der Waals surface area contributed by atoms with E-state index in [-0.39, 0.29) is 11.7 Å². The van der Waals surface area contributed by atoms with Crippen LogP contribution in [0.4, 0.5) is 4.39 Å². The summed E-state index contributed by atoms with van der Waals surface area (Å²) >= 11 is 0. The van der Waals surface area contributed by atoms with Crippen molar-refractivity contribution in [3.63, 3.8) is 0 Å². The highest BCUT2D eigenvalue weighted by Crippen LogP contribution is 2.35. The summed E-state index contributed by atoms with van der Waals surface area (Å²) in [4.78, 5) is 12.4. The second-order valence-corrected chi connectivity index (χ2v) is 5.90. The summed E-state index contributed by atoms with van der Waals surface area (Å²) in [6, 6.07) is 11.7. The molecule has 0 spiro atoms. The van der Waals surface area contributed by atoms with Gasteiger partial charge in [0, 0.05) is 18.5 Å². The van der Waals surface area contributed by atoms with E-state index in [0.717, 1.165) is 22.2 Å². The topological polar surface area (TPSA) is 100 Å². The average Bonchev–Trinajstić information content (AvgIpc) is 2.86. The summed E-state index contributed by atoms with van der Waals surface area (Å²) < 4.78 is 15.4. The Morgan fingerprint density at radius 2 is 1.96 bits per heavy atom. The van der Waals surface area contributed by atoms with Crippen molar-refractivity contribution < 1.29 is 14.3 Å². The number of hydrogen-bond acceptors (Lipinski definition) is 2. The second-order valence-electron chi connectivity index (χ2n) is 5.90. The molecule has 126 valence electrons. The van der Waals surface area contributed by atoms with Crippen LogP contribution in [-0.4, -0.2) is 22.9 Å². The first-order valence-electron chi connectivity index (χ1n) is 7.90. The highest BCUT2D eigenvalue weighted by atomic mass is 19.1. The van der Waals surface area contributed by atoms with Crippen molar-refractivity contribution in [2.75, 3.05) is 6.54 Å². The van der Waals surface area contributed by atoms with Gasteiger partial charge in [-0.1, -0.05) is 12.1 Å². The number of benzene rings is 2. The molecule has 1 amide bonds. The third-order valence-corrected chi connectivity index (χ3v) is 4.49. The van der Waals surface area contributed by atoms with E-state index in [9.17, 15) is 9.18 Å². The fraction of sp³-hybridized carbons (Fsp3) is 0.111. The SMILES string of the molecule is N/[NH+]=C(\N)c1c(-c2ccc(F)cc2)n2c3c(cccc13)C(=O)NCC2. The maximum atomic E-state index is 13.4. The lowest BCUT2D eigenvalue weighted by Gasteiger charge is -2.10. The van der Waals surface area contributed by atoms with Gasteiger partial charge in [-0.15, -0.1) is 0 Å². The lowest BCUT2D eigenvalue weighted by atomic mass is 10.0. The number of halogens is 1. The van der Waals surface area contributed by atoms with Crippen LogP contribution >= 0.6 is 0 Å². The van der Waals surface area contributed by atoms with Gasteiger partial charge in [-0.25, -0.2) is 4.39 Å². The summed E-state index contributed by atoms with van der Waals surface area (Å²) in [5.41, 5.74) is 9.81. The normalized spacial score (nSPS) is 14.4. The lowest BCUT2D eigenvalue weighted by molar-refractivity contribution is -0.469. The van der Waals surface area contributed by atoms with Crippen LogP contribution < -0.4 is 22.0 Å². The second kappa shape index (κ2) is 5.62. The first kappa shape index (κ1) is 15.2. The number of rotatable bonds is 2. The monoisotopic (exact) mass is 338 g/mol. The van der Waals surface area contributed by atoms with E-state index < -0.39 is 0 Å². The average molecular weight is 338 g/mol. The van der Waals surface area contributed by atoms with Crippen molar-refractivity contribution >= 4 is 22.6 Å². The zero-order chi connectivity index (χ0) is 17.6. The highest BCUT2D eigenvalue weighted by molar-refractivity contribution is 6.17. The smallest absolute Gasteiger partial charge is 0.298 e. The Hall–Kier alpha value is -3.35. The first-order valence-corrected chi connectivity index (χ1v) is 7.90. The molecular formula is C18H17FN5O+. The molecule has 4 rings (SSSR count). The summed E-state index contributed by atoms with van der Waals surface area (Å²) in [7, 11) is 0. The summed E-state index contributed by atoms with van der Waals surface area (Å²) in [6.45, 7) is 1.06. The standard InChI is InChI=1S/C18H16FN5O/c19-11-6-4-10(5-7-11)15-14(17(20)23-21)12-2-1-3-13-16(12)24(15)9-8-22-18(13)25/h1-7H,8-9,21H2,(H2,20,23)(H,22,25)/p+1. The minimum atomic E-state index is -0.316. The van der Waals surface area contributed by atoms with Crippen molar-refractivity contribution in [3.05, 3.63) is 59.4 Å². The van der Waals surface area contributed by atoms with Gasteiger partial charge in [-0.3, -0.25) is 16.4 Å². The van der Waals surface area contributed by atoms with E-state index in [1.807, 2.05) is 16.7 Å². The summed E-state index contributed by atoms with van der Waals surface area (Å²) in [5.74, 6) is 5.42. The molecule has 0 saturated heterocycles. The molecule has 0 bridgehead atoms. The molecule has 0 saturated carbocycles. The summed E-state index contributed by atoms with van der Waals surface area (Å²) in [6.07, 6.45) is 0. The molecular weight excluding hydrogens is 321 g/mol. The quantitative estimate of drug-likeness (QED) is 0.226. The number of nitrogens with zero attached hydrogens (tertiary/aromatic N) is 1. The van der Waals surface area contributed by atoms with E-state index >= 15 is 0 Å². The molecule has 2 aromatic carbocycles. The molecule has 7 heteroatoms. The van der Waals surface area contributed by atoms with Crippen molar-refractivity contribution in [2.24, 2.45) is 11.6 Å². The van der Waals surface area contributed by atoms with Crippen molar-refractivity contribution in [2.45, 2.75) is 6.54 Å². The Morgan fingerprint density at radius 1 is 1.20 bits per heavy atom. The molecule has 6 nitrogen and oxygen atoms in total. The van der Waals surface area contributed by atoms with Crippen molar-refractivity contribution in [1.29, 1.82) is 0 Å². The number of hydrazone groups is 1. The number of aromatic nitrogens is 1. The van der Waals surface area contributed by atoms with Crippen LogP contribution in [0.3, 0.4) is 0 Å². The number of nitrogens with two attached hydrogens (primary N) is 2. The number of nitrogen functional groups attached to an aromatic ring is 1. The number of amides is 1. The predicted octanol–water partition coefficient (Wildman–Crippen LogP) is -0.150. The van der Waals surface area contributed by atoms with E-state index in [2.05, 4.69) is 10.4 Å². The van der Waals surface area contributed by atoms with Crippen molar-refractivity contribution in [3.8, 4) is 11.3 Å². The molecule has 0 fully saturated rings. The van der Waals surface area contributed by atoms with Crippen molar-refractivity contribution in [1.82, 2.24) is 9.88 Å². The van der Waals surface area contributed by atoms with Gasteiger partial charge in [0.2, 0.25) is 0 Å². The number of nitrogens with one attached hydrogen (secondary N) is 2. The van der Waals surface area contributed by atoms with Crippen LogP contribution in [0.5, 0.6) is 0 Å². The van der Waals surface area contributed by atoms with Gasteiger partial charge in [0.1, 0.15) is 5.82 Å². The van der Waals surface area contributed by atoms with Crippen LogP contribution in [-0.2, 0) is 6.54 Å². The fourth-order valence-electron chi connectivity index (χ4n) is 3.45. The van der Waals surface area contributed by atoms with Gasteiger partial charge in [0.15, 0.2) is 0 Å². The molecule has 0 aliphatic carbocycles. The number of para-hydroxylation sites is 1. The lowest BCUT2D eigenvalue weighted by Crippen LogP contribution is -2.82. The predicted molar refractivity (Wildman–Crippen MR) is 93.1 cm³/mol. The molecule has 3 aromatic rings. The van der Waals surface area contributed by atoms with Crippen LogP contribution in [0.15, 0.2) is 42.5 Å². The minimum absolute atomic E-state index is 0.127. The first-order chi connectivity index (χ1) is 12.1. The Balaban J connectivity index is 2.16. The van der Waals surface area contributed by atoms with Gasteiger partial charge in [-0.2, -0.15) is 5.10 Å². The molecule has 2 heterocycles. The van der Waals surface area contributed by atoms with Crippen LogP contribution in [0, 0.1) is 5.82 Å². The van der Waals surface area contributed by atoms with E-state index in [0.29, 0.717) is 30.1 Å². The number of hydrogen-bond donors (Lipinski definition) is 4. The molecule has 25 heavy (non-hydrogen) atoms. The maximum Gasteiger partial charge on any atom is 0.298 e. The molecule has 1 aromatic heterocycles. The highest BCUT2D eigenvalue weighted by Gasteiger charge is 2.28. The molecule has 1 aliphatic rings. The Morgan fingerprint density at radius 3 is 2.68 bits per heavy atom. The molecule has 0 atom stereocenters. The van der Waals surface area contributed by atoms with E-state index in [1.54, 1.807) is 18.2 Å². The third-order valence-electron chi connectivity index (χ3n) is 4.49. The number of carbonyl (C=O) groups is 1. The largest absolute Gasteiger partial charge is 0.350 e. The third kappa shape index (κ3) is 2.24. The Kier molecular flexibility index (Phi) is 3.42. The Bertz CT molecular complexity index is 1020. The van der Waals surface area contributed by atoms with E-state index in [1.165, 1.54) is 12.1 Å². The molecule has 0 unspecified atom stereocenters. The van der Waals surface area contributed by atoms with Crippen LogP contribution in [0.1, 0.15) is 15.9 Å². The molecule has 0 radical (unpaired) electrons. The molecule has 1 aliphatic heterocycles. The van der Waals surface area contributed by atoms with E-state index in [4.69, 9.17) is 11.6 Å². The Labute approximate surface area is 142 Å². The minimum Gasteiger partial charge on any atom is -0.350 e. The summed E-state index contributed by atoms with van der Waals surface area (Å²) in [5, 5.41) is 6.22. The number of hydrazine groups is 1. The number of amidine groups is 1.